The highest BCUT2D eigenvalue weighted by molar-refractivity contribution is 5.26. The van der Waals surface area contributed by atoms with Gasteiger partial charge < -0.3 is 0 Å². The Morgan fingerprint density at radius 1 is 1.05 bits per heavy atom. The molecule has 0 aliphatic carbocycles. The quantitative estimate of drug-likeness (QED) is 0.823. The fraction of sp³-hybridized carbons (Fsp3) is 0.200. The van der Waals surface area contributed by atoms with E-state index in [9.17, 15) is 31.1 Å². The number of hydrogen-bond acceptors (Lipinski definition) is 2. The van der Waals surface area contributed by atoms with Crippen LogP contribution in [0.15, 0.2) is 29.2 Å². The van der Waals surface area contributed by atoms with Crippen LogP contribution in [0.3, 0.4) is 0 Å². The molecule has 2 aromatic heterocycles. The standard InChI is InChI=1S/C10H5F6N3O/c11-9(12,13)5-1-2-7(17-4-5)19-8(20)3-6(18-19)10(14,15)16/h1-4,18H. The molecule has 0 aromatic carbocycles. The molecular weight excluding hydrogens is 292 g/mol. The Hall–Kier alpha value is -2.26. The van der Waals surface area contributed by atoms with Gasteiger partial charge in [-0.1, -0.05) is 0 Å². The summed E-state index contributed by atoms with van der Waals surface area (Å²) in [6, 6.07) is 1.70. The molecule has 2 rings (SSSR count). The average Bonchev–Trinajstić information content (AvgIpc) is 2.70. The largest absolute Gasteiger partial charge is 0.432 e. The lowest BCUT2D eigenvalue weighted by Gasteiger charge is -2.07. The van der Waals surface area contributed by atoms with Crippen LogP contribution in [0.25, 0.3) is 5.82 Å². The van der Waals surface area contributed by atoms with Crippen molar-refractivity contribution in [3.8, 4) is 5.82 Å². The summed E-state index contributed by atoms with van der Waals surface area (Å²) in [5.74, 6) is -0.376. The van der Waals surface area contributed by atoms with Gasteiger partial charge in [0.2, 0.25) is 0 Å². The van der Waals surface area contributed by atoms with E-state index in [1.165, 1.54) is 0 Å². The smallest absolute Gasteiger partial charge is 0.285 e. The van der Waals surface area contributed by atoms with Gasteiger partial charge in [-0.15, -0.1) is 0 Å². The second-order valence-corrected chi connectivity index (χ2v) is 3.74. The zero-order chi connectivity index (χ0) is 15.1. The van der Waals surface area contributed by atoms with Crippen LogP contribution in [-0.4, -0.2) is 14.8 Å². The summed E-state index contributed by atoms with van der Waals surface area (Å²) in [7, 11) is 0. The van der Waals surface area contributed by atoms with Gasteiger partial charge >= 0.3 is 12.4 Å². The first-order valence-electron chi connectivity index (χ1n) is 5.02. The molecule has 0 unspecified atom stereocenters. The van der Waals surface area contributed by atoms with Crippen LogP contribution in [0, 0.1) is 0 Å². The fourth-order valence-electron chi connectivity index (χ4n) is 1.40. The molecule has 0 aliphatic rings. The molecule has 0 amide bonds. The number of aromatic amines is 1. The lowest BCUT2D eigenvalue weighted by molar-refractivity contribution is -0.141. The van der Waals surface area contributed by atoms with Gasteiger partial charge in [0.1, 0.15) is 5.69 Å². The minimum absolute atomic E-state index is 0.291. The third kappa shape index (κ3) is 2.68. The molecule has 0 atom stereocenters. The molecule has 2 heterocycles. The van der Waals surface area contributed by atoms with Gasteiger partial charge in [-0.3, -0.25) is 9.89 Å². The molecule has 0 saturated heterocycles. The number of nitrogens with one attached hydrogen (secondary N) is 1. The van der Waals surface area contributed by atoms with Crippen molar-refractivity contribution in [2.75, 3.05) is 0 Å². The second-order valence-electron chi connectivity index (χ2n) is 3.74. The Morgan fingerprint density at radius 2 is 1.70 bits per heavy atom. The Bertz CT molecular complexity index is 664. The van der Waals surface area contributed by atoms with Gasteiger partial charge in [-0.05, 0) is 12.1 Å². The third-order valence-corrected chi connectivity index (χ3v) is 2.33. The lowest BCUT2D eigenvalue weighted by Crippen LogP contribution is -2.16. The third-order valence-electron chi connectivity index (χ3n) is 2.33. The molecule has 0 fully saturated rings. The van der Waals surface area contributed by atoms with Gasteiger partial charge in [0.25, 0.3) is 5.56 Å². The van der Waals surface area contributed by atoms with Gasteiger partial charge in [0.15, 0.2) is 5.82 Å². The summed E-state index contributed by atoms with van der Waals surface area (Å²) in [5, 5.41) is 1.73. The highest BCUT2D eigenvalue weighted by Gasteiger charge is 2.34. The Balaban J connectivity index is 2.43. The Labute approximate surface area is 106 Å². The van der Waals surface area contributed by atoms with Crippen molar-refractivity contribution in [1.82, 2.24) is 14.8 Å². The van der Waals surface area contributed by atoms with Gasteiger partial charge in [-0.25, -0.2) is 9.67 Å². The highest BCUT2D eigenvalue weighted by atomic mass is 19.4. The van der Waals surface area contributed by atoms with E-state index in [-0.39, 0.29) is 5.82 Å². The normalized spacial score (nSPS) is 12.7. The lowest BCUT2D eigenvalue weighted by atomic mass is 10.3. The monoisotopic (exact) mass is 297 g/mol. The first-order chi connectivity index (χ1) is 9.09. The number of hydrogen-bond donors (Lipinski definition) is 1. The molecule has 1 N–H and O–H groups in total. The van der Waals surface area contributed by atoms with Crippen LogP contribution in [-0.2, 0) is 12.4 Å². The number of nitrogens with zero attached hydrogens (tertiary/aromatic N) is 2. The molecule has 2 aromatic rings. The second kappa shape index (κ2) is 4.39. The number of H-pyrrole nitrogens is 1. The van der Waals surface area contributed by atoms with E-state index in [0.29, 0.717) is 23.0 Å². The first kappa shape index (κ1) is 14.2. The fourth-order valence-corrected chi connectivity index (χ4v) is 1.40. The summed E-state index contributed by atoms with van der Waals surface area (Å²) in [6.07, 6.45) is -8.96. The number of rotatable bonds is 1. The molecule has 4 nitrogen and oxygen atoms in total. The average molecular weight is 297 g/mol. The minimum Gasteiger partial charge on any atom is -0.285 e. The zero-order valence-electron chi connectivity index (χ0n) is 9.38. The maximum Gasteiger partial charge on any atom is 0.432 e. The SMILES string of the molecule is O=c1cc(C(F)(F)F)[nH]n1-c1ccc(C(F)(F)F)cn1. The van der Waals surface area contributed by atoms with Crippen molar-refractivity contribution in [2.45, 2.75) is 12.4 Å². The number of alkyl halides is 6. The van der Waals surface area contributed by atoms with Crippen molar-refractivity contribution in [3.05, 3.63) is 46.0 Å². The first-order valence-corrected chi connectivity index (χ1v) is 5.02. The van der Waals surface area contributed by atoms with Crippen molar-refractivity contribution in [1.29, 1.82) is 0 Å². The van der Waals surface area contributed by atoms with E-state index in [1.807, 2.05) is 0 Å². The van der Waals surface area contributed by atoms with Gasteiger partial charge in [-0.2, -0.15) is 26.3 Å². The summed E-state index contributed by atoms with van der Waals surface area (Å²) < 4.78 is 74.4. The topological polar surface area (TPSA) is 50.7 Å². The number of aromatic nitrogens is 3. The van der Waals surface area contributed by atoms with Crippen LogP contribution < -0.4 is 5.56 Å². The maximum absolute atomic E-state index is 12.4. The van der Waals surface area contributed by atoms with Crippen LogP contribution in [0.4, 0.5) is 26.3 Å². The van der Waals surface area contributed by atoms with Crippen molar-refractivity contribution >= 4 is 0 Å². The molecular formula is C10H5F6N3O. The predicted octanol–water partition coefficient (Wildman–Crippen LogP) is 2.60. The molecule has 20 heavy (non-hydrogen) atoms. The molecule has 0 bridgehead atoms. The van der Waals surface area contributed by atoms with Crippen LogP contribution in [0.1, 0.15) is 11.3 Å². The summed E-state index contributed by atoms with van der Waals surface area (Å²) in [5.41, 5.74) is -3.47. The summed E-state index contributed by atoms with van der Waals surface area (Å²) in [6.45, 7) is 0. The minimum atomic E-state index is -4.77. The van der Waals surface area contributed by atoms with E-state index in [4.69, 9.17) is 0 Å². The van der Waals surface area contributed by atoms with Crippen molar-refractivity contribution in [3.63, 3.8) is 0 Å². The van der Waals surface area contributed by atoms with Crippen LogP contribution >= 0.6 is 0 Å². The van der Waals surface area contributed by atoms with Crippen LogP contribution in [0.2, 0.25) is 0 Å². The van der Waals surface area contributed by atoms with E-state index in [1.54, 1.807) is 5.10 Å². The van der Waals surface area contributed by atoms with E-state index >= 15 is 0 Å². The predicted molar refractivity (Wildman–Crippen MR) is 54.2 cm³/mol. The molecule has 0 radical (unpaired) electrons. The Kier molecular flexibility index (Phi) is 3.11. The molecule has 0 aliphatic heterocycles. The van der Waals surface area contributed by atoms with E-state index in [0.717, 1.165) is 6.07 Å². The van der Waals surface area contributed by atoms with E-state index in [2.05, 4.69) is 4.98 Å². The summed E-state index contributed by atoms with van der Waals surface area (Å²) in [4.78, 5) is 14.7. The maximum atomic E-state index is 12.4. The highest BCUT2D eigenvalue weighted by Crippen LogP contribution is 2.29. The number of pyridine rings is 1. The molecule has 0 saturated carbocycles. The Morgan fingerprint density at radius 3 is 2.10 bits per heavy atom. The summed E-state index contributed by atoms with van der Waals surface area (Å²) >= 11 is 0. The molecule has 10 heteroatoms. The van der Waals surface area contributed by atoms with Gasteiger partial charge in [0, 0.05) is 12.3 Å². The number of halogens is 6. The molecule has 108 valence electrons. The zero-order valence-corrected chi connectivity index (χ0v) is 9.38. The van der Waals surface area contributed by atoms with Crippen molar-refractivity contribution < 1.29 is 26.3 Å². The van der Waals surface area contributed by atoms with E-state index < -0.39 is 29.2 Å². The molecule has 0 spiro atoms. The van der Waals surface area contributed by atoms with Crippen LogP contribution in [0.5, 0.6) is 0 Å². The van der Waals surface area contributed by atoms with Crippen molar-refractivity contribution in [2.24, 2.45) is 0 Å². The van der Waals surface area contributed by atoms with Gasteiger partial charge in [0.05, 0.1) is 5.56 Å².